The minimum atomic E-state index is -0.516. The van der Waals surface area contributed by atoms with E-state index in [1.54, 1.807) is 18.2 Å². The van der Waals surface area contributed by atoms with Crippen molar-refractivity contribution in [3.8, 4) is 11.5 Å². The van der Waals surface area contributed by atoms with Crippen LogP contribution in [0.3, 0.4) is 0 Å². The number of carbonyl (C=O) groups is 2. The Kier molecular flexibility index (Phi) is 5.19. The number of carbonyl (C=O) groups excluding carboxylic acids is 2. The molecule has 0 atom stereocenters. The van der Waals surface area contributed by atoms with Gasteiger partial charge < -0.3 is 14.2 Å². The van der Waals surface area contributed by atoms with Crippen molar-refractivity contribution < 1.29 is 23.8 Å². The van der Waals surface area contributed by atoms with Gasteiger partial charge >= 0.3 is 5.97 Å². The average Bonchev–Trinajstić information content (AvgIpc) is 2.91. The molecule has 2 aromatic rings. The molecule has 5 nitrogen and oxygen atoms in total. The fourth-order valence-electron chi connectivity index (χ4n) is 2.64. The fourth-order valence-corrected chi connectivity index (χ4v) is 2.64. The summed E-state index contributed by atoms with van der Waals surface area (Å²) in [4.78, 5) is 24.0. The van der Waals surface area contributed by atoms with Crippen LogP contribution < -0.4 is 9.47 Å². The van der Waals surface area contributed by atoms with E-state index >= 15 is 0 Å². The minimum absolute atomic E-state index is 0.144. The van der Waals surface area contributed by atoms with Crippen molar-refractivity contribution in [2.75, 3.05) is 13.7 Å². The number of fused-ring (bicyclic) bond motifs is 1. The number of esters is 1. The normalized spacial score (nSPS) is 14.5. The lowest BCUT2D eigenvalue weighted by atomic mass is 10.0. The van der Waals surface area contributed by atoms with Crippen molar-refractivity contribution >= 4 is 17.8 Å². The van der Waals surface area contributed by atoms with Crippen LogP contribution >= 0.6 is 0 Å². The van der Waals surface area contributed by atoms with E-state index in [9.17, 15) is 9.59 Å². The van der Waals surface area contributed by atoms with E-state index in [4.69, 9.17) is 14.2 Å². The summed E-state index contributed by atoms with van der Waals surface area (Å²) in [6.45, 7) is 4.11. The number of benzene rings is 2. The molecule has 0 spiro atoms. The maximum absolute atomic E-state index is 12.5. The van der Waals surface area contributed by atoms with Gasteiger partial charge in [-0.15, -0.1) is 0 Å². The molecule has 0 aliphatic carbocycles. The number of ketones is 1. The second-order valence-corrected chi connectivity index (χ2v) is 6.33. The number of hydrogen-bond acceptors (Lipinski definition) is 5. The molecular formula is C21H20O5. The summed E-state index contributed by atoms with van der Waals surface area (Å²) < 4.78 is 15.5. The zero-order valence-electron chi connectivity index (χ0n) is 14.9. The molecule has 0 aromatic heterocycles. The van der Waals surface area contributed by atoms with Gasteiger partial charge in [0.15, 0.2) is 5.76 Å². The third-order valence-corrected chi connectivity index (χ3v) is 4.04. The van der Waals surface area contributed by atoms with Gasteiger partial charge in [-0.3, -0.25) is 4.79 Å². The van der Waals surface area contributed by atoms with Gasteiger partial charge in [-0.25, -0.2) is 4.79 Å². The summed E-state index contributed by atoms with van der Waals surface area (Å²) in [5, 5.41) is 0. The summed E-state index contributed by atoms with van der Waals surface area (Å²) in [5.41, 5.74) is 2.57. The van der Waals surface area contributed by atoms with Crippen molar-refractivity contribution in [2.24, 2.45) is 0 Å². The summed E-state index contributed by atoms with van der Waals surface area (Å²) in [6.07, 6.45) is 1.71. The number of Topliss-reactive ketones (excluding diaryl/α,β-unsaturated/α-hetero) is 1. The molecule has 1 aliphatic rings. The SMILES string of the molecule is COCC(=O)Oc1ccc2c(c1)O/C(=C\c1ccc(C(C)C)cc1)C2=O. The van der Waals surface area contributed by atoms with Gasteiger partial charge in [0.25, 0.3) is 0 Å². The predicted octanol–water partition coefficient (Wildman–Crippen LogP) is 3.98. The Morgan fingerprint density at radius 3 is 2.54 bits per heavy atom. The van der Waals surface area contributed by atoms with Crippen LogP contribution in [0.15, 0.2) is 48.2 Å². The second-order valence-electron chi connectivity index (χ2n) is 6.33. The monoisotopic (exact) mass is 352 g/mol. The van der Waals surface area contributed by atoms with Crippen LogP contribution in [-0.4, -0.2) is 25.5 Å². The molecule has 1 aliphatic heterocycles. The molecule has 0 saturated carbocycles. The highest BCUT2D eigenvalue weighted by molar-refractivity contribution is 6.14. The number of allylic oxidation sites excluding steroid dienone is 1. The van der Waals surface area contributed by atoms with Crippen LogP contribution in [0.1, 0.15) is 41.3 Å². The lowest BCUT2D eigenvalue weighted by Gasteiger charge is -2.05. The summed E-state index contributed by atoms with van der Waals surface area (Å²) in [6, 6.07) is 12.7. The van der Waals surface area contributed by atoms with E-state index in [0.717, 1.165) is 5.56 Å². The lowest BCUT2D eigenvalue weighted by Crippen LogP contribution is -2.14. The van der Waals surface area contributed by atoms with E-state index in [-0.39, 0.29) is 18.1 Å². The summed E-state index contributed by atoms with van der Waals surface area (Å²) in [7, 11) is 1.41. The third-order valence-electron chi connectivity index (χ3n) is 4.04. The molecule has 3 rings (SSSR count). The van der Waals surface area contributed by atoms with Crippen molar-refractivity contribution in [1.82, 2.24) is 0 Å². The van der Waals surface area contributed by atoms with Crippen molar-refractivity contribution in [2.45, 2.75) is 19.8 Å². The molecule has 134 valence electrons. The van der Waals surface area contributed by atoms with Crippen molar-refractivity contribution in [1.29, 1.82) is 0 Å². The third kappa shape index (κ3) is 3.83. The highest BCUT2D eigenvalue weighted by Crippen LogP contribution is 2.35. The van der Waals surface area contributed by atoms with Gasteiger partial charge in [-0.05, 0) is 35.3 Å². The fraction of sp³-hybridized carbons (Fsp3) is 0.238. The van der Waals surface area contributed by atoms with E-state index in [2.05, 4.69) is 13.8 Å². The summed E-state index contributed by atoms with van der Waals surface area (Å²) >= 11 is 0. The highest BCUT2D eigenvalue weighted by Gasteiger charge is 2.28. The molecular weight excluding hydrogens is 332 g/mol. The Morgan fingerprint density at radius 1 is 1.15 bits per heavy atom. The van der Waals surface area contributed by atoms with Crippen molar-refractivity contribution in [3.05, 3.63) is 64.9 Å². The smallest absolute Gasteiger partial charge is 0.337 e. The Labute approximate surface area is 152 Å². The van der Waals surface area contributed by atoms with Crippen LogP contribution in [-0.2, 0) is 9.53 Å². The van der Waals surface area contributed by atoms with Crippen LogP contribution in [0, 0.1) is 0 Å². The zero-order valence-corrected chi connectivity index (χ0v) is 14.9. The van der Waals surface area contributed by atoms with Crippen molar-refractivity contribution in [3.63, 3.8) is 0 Å². The maximum atomic E-state index is 12.5. The first-order chi connectivity index (χ1) is 12.5. The van der Waals surface area contributed by atoms with Gasteiger partial charge in [0.2, 0.25) is 5.78 Å². The molecule has 0 radical (unpaired) electrons. The first-order valence-corrected chi connectivity index (χ1v) is 8.36. The van der Waals surface area contributed by atoms with Crippen LogP contribution in [0.2, 0.25) is 0 Å². The van der Waals surface area contributed by atoms with Gasteiger partial charge in [-0.1, -0.05) is 38.1 Å². The van der Waals surface area contributed by atoms with Crippen LogP contribution in [0.4, 0.5) is 0 Å². The number of ether oxygens (including phenoxy) is 3. The van der Waals surface area contributed by atoms with E-state index in [1.165, 1.54) is 18.7 Å². The molecule has 1 heterocycles. The first-order valence-electron chi connectivity index (χ1n) is 8.36. The van der Waals surface area contributed by atoms with E-state index in [0.29, 0.717) is 23.0 Å². The van der Waals surface area contributed by atoms with Crippen LogP contribution in [0.25, 0.3) is 6.08 Å². The Morgan fingerprint density at radius 2 is 1.88 bits per heavy atom. The van der Waals surface area contributed by atoms with Gasteiger partial charge in [0.05, 0.1) is 5.56 Å². The standard InChI is InChI=1S/C21H20O5/c1-13(2)15-6-4-14(5-7-15)10-19-21(23)17-9-8-16(11-18(17)26-19)25-20(22)12-24-3/h4-11,13H,12H2,1-3H3/b19-10-. The molecule has 0 fully saturated rings. The van der Waals surface area contributed by atoms with Crippen LogP contribution in [0.5, 0.6) is 11.5 Å². The van der Waals surface area contributed by atoms with Gasteiger partial charge in [-0.2, -0.15) is 0 Å². The minimum Gasteiger partial charge on any atom is -0.452 e. The largest absolute Gasteiger partial charge is 0.452 e. The topological polar surface area (TPSA) is 61.8 Å². The molecule has 2 aromatic carbocycles. The predicted molar refractivity (Wildman–Crippen MR) is 97.4 cm³/mol. The molecule has 0 bridgehead atoms. The number of rotatable bonds is 5. The number of methoxy groups -OCH3 is 1. The second kappa shape index (κ2) is 7.54. The number of hydrogen-bond donors (Lipinski definition) is 0. The molecule has 0 unspecified atom stereocenters. The van der Waals surface area contributed by atoms with E-state index in [1.807, 2.05) is 24.3 Å². The Bertz CT molecular complexity index is 862. The average molecular weight is 352 g/mol. The molecule has 5 heteroatoms. The Balaban J connectivity index is 1.79. The maximum Gasteiger partial charge on any atom is 0.337 e. The highest BCUT2D eigenvalue weighted by atomic mass is 16.6. The molecule has 0 N–H and O–H groups in total. The summed E-state index contributed by atoms with van der Waals surface area (Å²) in [5.74, 6) is 0.673. The quantitative estimate of drug-likeness (QED) is 0.463. The van der Waals surface area contributed by atoms with E-state index < -0.39 is 5.97 Å². The van der Waals surface area contributed by atoms with Gasteiger partial charge in [0.1, 0.15) is 18.1 Å². The zero-order chi connectivity index (χ0) is 18.7. The first kappa shape index (κ1) is 17.9. The molecule has 26 heavy (non-hydrogen) atoms. The lowest BCUT2D eigenvalue weighted by molar-refractivity contribution is -0.138. The Hall–Kier alpha value is -2.92. The van der Waals surface area contributed by atoms with Gasteiger partial charge in [0, 0.05) is 13.2 Å². The molecule has 0 amide bonds. The molecule has 0 saturated heterocycles.